The van der Waals surface area contributed by atoms with E-state index in [1.54, 1.807) is 0 Å². The standard InChI is InChI=1S/C60H36N6O/c1-2-14-39(15-3-1)58-63-51(38-28-26-37(27-29-38)50-35-56-57(46-19-5-4-16-43(46)50)49-20-8-11-25-55(49)67-56)36-52(64-58)40-32-41(65-53-23-9-6-17-44(53)47-21-12-30-61-59(47)65)34-42(33-40)66-54-24-10-7-18-45(54)48-22-13-31-62-60(48)66/h1-36H. The molecule has 0 aliphatic heterocycles. The van der Waals surface area contributed by atoms with Crippen LogP contribution in [0.2, 0.25) is 0 Å². The fourth-order valence-electron chi connectivity index (χ4n) is 10.2. The lowest BCUT2D eigenvalue weighted by Crippen LogP contribution is -2.02. The van der Waals surface area contributed by atoms with Crippen LogP contribution in [0, 0.1) is 0 Å². The summed E-state index contributed by atoms with van der Waals surface area (Å²) in [7, 11) is 0. The molecule has 0 aliphatic carbocycles. The zero-order valence-corrected chi connectivity index (χ0v) is 35.9. The van der Waals surface area contributed by atoms with Crippen LogP contribution in [-0.2, 0) is 0 Å². The Balaban J connectivity index is 0.984. The van der Waals surface area contributed by atoms with Gasteiger partial charge in [-0.25, -0.2) is 19.9 Å². The number of benzene rings is 8. The summed E-state index contributed by atoms with van der Waals surface area (Å²) in [6.45, 7) is 0. The highest BCUT2D eigenvalue weighted by molar-refractivity contribution is 6.22. The van der Waals surface area contributed by atoms with Gasteiger partial charge >= 0.3 is 0 Å². The molecular formula is C60H36N6O. The quantitative estimate of drug-likeness (QED) is 0.167. The van der Waals surface area contributed by atoms with Gasteiger partial charge in [-0.05, 0) is 94.7 Å². The number of furan rings is 1. The van der Waals surface area contributed by atoms with Crippen LogP contribution < -0.4 is 0 Å². The number of para-hydroxylation sites is 3. The van der Waals surface area contributed by atoms with Gasteiger partial charge in [0.25, 0.3) is 0 Å². The molecule has 312 valence electrons. The Morgan fingerprint density at radius 1 is 0.343 bits per heavy atom. The van der Waals surface area contributed by atoms with E-state index in [2.05, 4.69) is 173 Å². The maximum atomic E-state index is 6.45. The van der Waals surface area contributed by atoms with E-state index < -0.39 is 0 Å². The molecule has 8 aromatic carbocycles. The lowest BCUT2D eigenvalue weighted by molar-refractivity contribution is 0.669. The maximum Gasteiger partial charge on any atom is 0.160 e. The first kappa shape index (κ1) is 37.2. The summed E-state index contributed by atoms with van der Waals surface area (Å²) in [5.74, 6) is 0.641. The zero-order chi connectivity index (χ0) is 44.0. The van der Waals surface area contributed by atoms with Crippen LogP contribution in [0.15, 0.2) is 223 Å². The van der Waals surface area contributed by atoms with Gasteiger partial charge in [0.2, 0.25) is 0 Å². The highest BCUT2D eigenvalue weighted by Gasteiger charge is 2.21. The van der Waals surface area contributed by atoms with Gasteiger partial charge in [0.05, 0.1) is 33.8 Å². The lowest BCUT2D eigenvalue weighted by atomic mass is 9.94. The molecule has 14 aromatic rings. The smallest absolute Gasteiger partial charge is 0.160 e. The van der Waals surface area contributed by atoms with Crippen LogP contribution in [0.5, 0.6) is 0 Å². The van der Waals surface area contributed by atoms with Gasteiger partial charge in [0.1, 0.15) is 22.5 Å². The first-order valence-corrected chi connectivity index (χ1v) is 22.4. The summed E-state index contributed by atoms with van der Waals surface area (Å²) >= 11 is 0. The van der Waals surface area contributed by atoms with Gasteiger partial charge in [-0.15, -0.1) is 0 Å². The molecule has 0 atom stereocenters. The summed E-state index contributed by atoms with van der Waals surface area (Å²) in [6.07, 6.45) is 3.74. The number of nitrogens with zero attached hydrogens (tertiary/aromatic N) is 6. The Labute approximate surface area is 383 Å². The monoisotopic (exact) mass is 856 g/mol. The average molecular weight is 857 g/mol. The Hall–Kier alpha value is -9.20. The minimum absolute atomic E-state index is 0.641. The SMILES string of the molecule is c1ccc(-c2nc(-c3ccc(-c4cc5oc6ccccc6c5c5ccccc45)cc3)cc(-c3cc(-n4c5ccccc5c5cccnc54)cc(-n4c5ccccc5c5cccnc54)c3)n2)cc1. The van der Waals surface area contributed by atoms with Gasteiger partial charge in [-0.1, -0.05) is 133 Å². The third kappa shape index (κ3) is 5.85. The molecule has 0 aliphatic rings. The van der Waals surface area contributed by atoms with Crippen molar-refractivity contribution in [2.24, 2.45) is 0 Å². The van der Waals surface area contributed by atoms with Crippen LogP contribution in [-0.4, -0.2) is 29.1 Å². The normalized spacial score (nSPS) is 11.9. The average Bonchev–Trinajstić information content (AvgIpc) is 4.06. The van der Waals surface area contributed by atoms with Crippen molar-refractivity contribution in [1.82, 2.24) is 29.1 Å². The van der Waals surface area contributed by atoms with Crippen LogP contribution in [0.3, 0.4) is 0 Å². The Morgan fingerprint density at radius 2 is 0.866 bits per heavy atom. The van der Waals surface area contributed by atoms with Crippen LogP contribution in [0.25, 0.3) is 133 Å². The van der Waals surface area contributed by atoms with E-state index in [1.807, 2.05) is 54.9 Å². The van der Waals surface area contributed by atoms with Gasteiger partial charge in [-0.2, -0.15) is 0 Å². The van der Waals surface area contributed by atoms with Crippen molar-refractivity contribution in [3.05, 3.63) is 219 Å². The van der Waals surface area contributed by atoms with E-state index >= 15 is 0 Å². The largest absolute Gasteiger partial charge is 0.456 e. The highest BCUT2D eigenvalue weighted by atomic mass is 16.3. The third-order valence-electron chi connectivity index (χ3n) is 13.2. The maximum absolute atomic E-state index is 6.45. The zero-order valence-electron chi connectivity index (χ0n) is 35.9. The molecule has 0 radical (unpaired) electrons. The van der Waals surface area contributed by atoms with Crippen LogP contribution in [0.4, 0.5) is 0 Å². The number of aromatic nitrogens is 6. The summed E-state index contributed by atoms with van der Waals surface area (Å²) in [6, 6.07) is 72.2. The first-order valence-electron chi connectivity index (χ1n) is 22.4. The van der Waals surface area contributed by atoms with Crippen molar-refractivity contribution in [3.8, 4) is 56.4 Å². The van der Waals surface area contributed by atoms with E-state index in [1.165, 1.54) is 10.8 Å². The number of pyridine rings is 2. The molecule has 0 N–H and O–H groups in total. The topological polar surface area (TPSA) is 74.6 Å². The second-order valence-corrected chi connectivity index (χ2v) is 17.0. The fourth-order valence-corrected chi connectivity index (χ4v) is 10.2. The third-order valence-corrected chi connectivity index (χ3v) is 13.2. The Kier molecular flexibility index (Phi) is 8.15. The minimum atomic E-state index is 0.641. The molecular weight excluding hydrogens is 821 g/mol. The molecule has 7 heteroatoms. The van der Waals surface area contributed by atoms with E-state index in [0.29, 0.717) is 5.82 Å². The van der Waals surface area contributed by atoms with Crippen molar-refractivity contribution in [2.45, 2.75) is 0 Å². The Morgan fingerprint density at radius 3 is 1.52 bits per heavy atom. The molecule has 0 fully saturated rings. The van der Waals surface area contributed by atoms with Crippen molar-refractivity contribution in [2.75, 3.05) is 0 Å². The highest BCUT2D eigenvalue weighted by Crippen LogP contribution is 2.42. The van der Waals surface area contributed by atoms with Crippen molar-refractivity contribution < 1.29 is 4.42 Å². The van der Waals surface area contributed by atoms with Crippen molar-refractivity contribution in [1.29, 1.82) is 0 Å². The van der Waals surface area contributed by atoms with E-state index in [4.69, 9.17) is 24.4 Å². The van der Waals surface area contributed by atoms with Crippen LogP contribution >= 0.6 is 0 Å². The molecule has 0 spiro atoms. The molecule has 0 saturated carbocycles. The molecule has 0 bridgehead atoms. The molecule has 7 nitrogen and oxygen atoms in total. The lowest BCUT2D eigenvalue weighted by Gasteiger charge is -2.16. The molecule has 67 heavy (non-hydrogen) atoms. The van der Waals surface area contributed by atoms with Gasteiger partial charge in [-0.3, -0.25) is 9.13 Å². The Bertz CT molecular complexity index is 4040. The van der Waals surface area contributed by atoms with E-state index in [0.717, 1.165) is 116 Å². The second-order valence-electron chi connectivity index (χ2n) is 17.0. The van der Waals surface area contributed by atoms with Gasteiger partial charge < -0.3 is 4.42 Å². The summed E-state index contributed by atoms with van der Waals surface area (Å²) in [5.41, 5.74) is 14.2. The number of rotatable bonds is 6. The fraction of sp³-hybridized carbons (Fsp3) is 0. The predicted molar refractivity (Wildman–Crippen MR) is 273 cm³/mol. The number of fused-ring (bicyclic) bond motifs is 11. The summed E-state index contributed by atoms with van der Waals surface area (Å²) in [4.78, 5) is 20.6. The van der Waals surface area contributed by atoms with Crippen molar-refractivity contribution >= 4 is 76.6 Å². The predicted octanol–water partition coefficient (Wildman–Crippen LogP) is 15.2. The molecule has 0 amide bonds. The molecule has 6 aromatic heterocycles. The van der Waals surface area contributed by atoms with E-state index in [-0.39, 0.29) is 0 Å². The first-order chi connectivity index (χ1) is 33.2. The van der Waals surface area contributed by atoms with Gasteiger partial charge in [0.15, 0.2) is 5.82 Å². The molecule has 0 saturated heterocycles. The van der Waals surface area contributed by atoms with Crippen LogP contribution in [0.1, 0.15) is 0 Å². The summed E-state index contributed by atoms with van der Waals surface area (Å²) < 4.78 is 11.0. The number of hydrogen-bond acceptors (Lipinski definition) is 5. The number of hydrogen-bond donors (Lipinski definition) is 0. The van der Waals surface area contributed by atoms with Crippen molar-refractivity contribution in [3.63, 3.8) is 0 Å². The molecule has 0 unspecified atom stereocenters. The summed E-state index contributed by atoms with van der Waals surface area (Å²) in [5, 5.41) is 9.08. The van der Waals surface area contributed by atoms with E-state index in [9.17, 15) is 0 Å². The molecule has 14 rings (SSSR count). The second kappa shape index (κ2) is 14.7. The minimum Gasteiger partial charge on any atom is -0.456 e. The molecule has 6 heterocycles. The van der Waals surface area contributed by atoms with Gasteiger partial charge in [0, 0.05) is 61.4 Å².